The van der Waals surface area contributed by atoms with Crippen LogP contribution in [0.25, 0.3) is 0 Å². The number of carbonyl (C=O) groups is 1. The summed E-state index contributed by atoms with van der Waals surface area (Å²) in [5, 5.41) is 2.00. The minimum atomic E-state index is -3.58. The second-order valence-electron chi connectivity index (χ2n) is 7.17. The van der Waals surface area contributed by atoms with E-state index in [2.05, 4.69) is 6.58 Å². The number of piperidine rings is 1. The summed E-state index contributed by atoms with van der Waals surface area (Å²) in [6, 6.07) is 10.5. The van der Waals surface area contributed by atoms with E-state index in [1.807, 2.05) is 24.4 Å². The summed E-state index contributed by atoms with van der Waals surface area (Å²) in [4.78, 5) is 16.2. The van der Waals surface area contributed by atoms with E-state index >= 15 is 0 Å². The SMILES string of the molecule is C=CCN(Cc1cccs1)C(=O)C1CCN(S(=O)(=O)c2ccc(OCC)cc2)CC1. The standard InChI is InChI=1S/C22H28N2O4S2/c1-3-13-23(17-20-6-5-16-29-20)22(25)18-11-14-24(15-12-18)30(26,27)21-9-7-19(8-10-21)28-4-2/h3,5-10,16,18H,1,4,11-15,17H2,2H3. The Labute approximate surface area is 182 Å². The van der Waals surface area contributed by atoms with Gasteiger partial charge in [-0.15, -0.1) is 17.9 Å². The van der Waals surface area contributed by atoms with E-state index in [1.165, 1.54) is 4.31 Å². The van der Waals surface area contributed by atoms with E-state index in [9.17, 15) is 13.2 Å². The van der Waals surface area contributed by atoms with Gasteiger partial charge in [-0.2, -0.15) is 4.31 Å². The van der Waals surface area contributed by atoms with E-state index < -0.39 is 10.0 Å². The summed E-state index contributed by atoms with van der Waals surface area (Å²) in [6.07, 6.45) is 2.78. The van der Waals surface area contributed by atoms with E-state index in [0.29, 0.717) is 51.4 Å². The van der Waals surface area contributed by atoms with Crippen molar-refractivity contribution in [3.63, 3.8) is 0 Å². The Hall–Kier alpha value is -2.16. The predicted molar refractivity (Wildman–Crippen MR) is 119 cm³/mol. The molecule has 0 saturated carbocycles. The summed E-state index contributed by atoms with van der Waals surface area (Å²) in [5.74, 6) is 0.548. The topological polar surface area (TPSA) is 66.9 Å². The number of thiophene rings is 1. The molecule has 2 heterocycles. The third-order valence-electron chi connectivity index (χ3n) is 5.16. The third-order valence-corrected chi connectivity index (χ3v) is 7.94. The zero-order valence-electron chi connectivity index (χ0n) is 17.2. The van der Waals surface area contributed by atoms with Crippen molar-refractivity contribution in [1.82, 2.24) is 9.21 Å². The Morgan fingerprint density at radius 2 is 1.97 bits per heavy atom. The van der Waals surface area contributed by atoms with Gasteiger partial charge in [-0.3, -0.25) is 4.79 Å². The largest absolute Gasteiger partial charge is 0.494 e. The van der Waals surface area contributed by atoms with Crippen LogP contribution < -0.4 is 4.74 Å². The summed E-state index contributed by atoms with van der Waals surface area (Å²) in [7, 11) is -3.58. The Morgan fingerprint density at radius 1 is 1.27 bits per heavy atom. The third kappa shape index (κ3) is 5.30. The van der Waals surface area contributed by atoms with Gasteiger partial charge >= 0.3 is 0 Å². The number of ether oxygens (including phenoxy) is 1. The summed E-state index contributed by atoms with van der Waals surface area (Å²) >= 11 is 1.62. The van der Waals surface area contributed by atoms with Gasteiger partial charge in [-0.1, -0.05) is 12.1 Å². The molecule has 0 spiro atoms. The first-order valence-corrected chi connectivity index (χ1v) is 12.4. The number of carbonyl (C=O) groups excluding carboxylic acids is 1. The molecule has 2 aromatic rings. The van der Waals surface area contributed by atoms with Gasteiger partial charge in [0.1, 0.15) is 5.75 Å². The quantitative estimate of drug-likeness (QED) is 0.548. The van der Waals surface area contributed by atoms with Gasteiger partial charge in [0.25, 0.3) is 0 Å². The monoisotopic (exact) mass is 448 g/mol. The highest BCUT2D eigenvalue weighted by molar-refractivity contribution is 7.89. The fourth-order valence-corrected chi connectivity index (χ4v) is 5.79. The molecule has 0 N–H and O–H groups in total. The van der Waals surface area contributed by atoms with Crippen LogP contribution in [0.15, 0.2) is 59.3 Å². The van der Waals surface area contributed by atoms with Crippen LogP contribution in [0, 0.1) is 5.92 Å². The summed E-state index contributed by atoms with van der Waals surface area (Å²) in [5.41, 5.74) is 0. The highest BCUT2D eigenvalue weighted by Crippen LogP contribution is 2.27. The van der Waals surface area contributed by atoms with Crippen LogP contribution in [0.5, 0.6) is 5.75 Å². The first-order chi connectivity index (χ1) is 14.5. The van der Waals surface area contributed by atoms with Gasteiger partial charge in [0, 0.05) is 30.4 Å². The van der Waals surface area contributed by atoms with Crippen molar-refractivity contribution >= 4 is 27.3 Å². The lowest BCUT2D eigenvalue weighted by Crippen LogP contribution is -2.44. The minimum Gasteiger partial charge on any atom is -0.494 e. The van der Waals surface area contributed by atoms with Crippen LogP contribution >= 0.6 is 11.3 Å². The average Bonchev–Trinajstić information content (AvgIpc) is 3.27. The van der Waals surface area contributed by atoms with Crippen LogP contribution in [0.2, 0.25) is 0 Å². The second-order valence-corrected chi connectivity index (χ2v) is 10.1. The number of hydrogen-bond acceptors (Lipinski definition) is 5. The molecule has 0 radical (unpaired) electrons. The summed E-state index contributed by atoms with van der Waals surface area (Å²) in [6.45, 7) is 7.91. The van der Waals surface area contributed by atoms with Gasteiger partial charge in [0.2, 0.25) is 15.9 Å². The molecule has 1 amide bonds. The van der Waals surface area contributed by atoms with Crippen LogP contribution in [-0.4, -0.2) is 49.8 Å². The lowest BCUT2D eigenvalue weighted by atomic mass is 9.96. The zero-order chi connectivity index (χ0) is 21.6. The molecule has 0 atom stereocenters. The number of sulfonamides is 1. The van der Waals surface area contributed by atoms with Crippen molar-refractivity contribution in [2.75, 3.05) is 26.2 Å². The zero-order valence-corrected chi connectivity index (χ0v) is 18.8. The molecule has 1 fully saturated rings. The van der Waals surface area contributed by atoms with Crippen molar-refractivity contribution in [2.24, 2.45) is 5.92 Å². The van der Waals surface area contributed by atoms with Gasteiger partial charge in [0.05, 0.1) is 18.0 Å². The number of benzene rings is 1. The lowest BCUT2D eigenvalue weighted by Gasteiger charge is -2.33. The Balaban J connectivity index is 1.62. The molecule has 3 rings (SSSR count). The van der Waals surface area contributed by atoms with Crippen molar-refractivity contribution in [3.05, 3.63) is 59.3 Å². The fourth-order valence-electron chi connectivity index (χ4n) is 3.60. The molecule has 1 aliphatic heterocycles. The van der Waals surface area contributed by atoms with E-state index in [4.69, 9.17) is 4.74 Å². The molecule has 6 nitrogen and oxygen atoms in total. The van der Waals surface area contributed by atoms with Crippen LogP contribution in [-0.2, 0) is 21.4 Å². The second kappa shape index (κ2) is 10.2. The van der Waals surface area contributed by atoms with Crippen molar-refractivity contribution in [2.45, 2.75) is 31.2 Å². The number of amides is 1. The Bertz CT molecular complexity index is 932. The Morgan fingerprint density at radius 3 is 2.53 bits per heavy atom. The minimum absolute atomic E-state index is 0.0708. The molecule has 1 saturated heterocycles. The molecule has 162 valence electrons. The van der Waals surface area contributed by atoms with Gasteiger partial charge < -0.3 is 9.64 Å². The van der Waals surface area contributed by atoms with E-state index in [1.54, 1.807) is 46.6 Å². The fraction of sp³-hybridized carbons (Fsp3) is 0.409. The van der Waals surface area contributed by atoms with Crippen LogP contribution in [0.1, 0.15) is 24.6 Å². The Kier molecular flexibility index (Phi) is 7.69. The lowest BCUT2D eigenvalue weighted by molar-refractivity contribution is -0.136. The highest BCUT2D eigenvalue weighted by Gasteiger charge is 2.33. The van der Waals surface area contributed by atoms with Gasteiger partial charge in [0.15, 0.2) is 0 Å². The van der Waals surface area contributed by atoms with Gasteiger partial charge in [-0.25, -0.2) is 8.42 Å². The average molecular weight is 449 g/mol. The van der Waals surface area contributed by atoms with Gasteiger partial charge in [-0.05, 0) is 55.5 Å². The first-order valence-electron chi connectivity index (χ1n) is 10.1. The highest BCUT2D eigenvalue weighted by atomic mass is 32.2. The van der Waals surface area contributed by atoms with Crippen LogP contribution in [0.3, 0.4) is 0 Å². The van der Waals surface area contributed by atoms with E-state index in [0.717, 1.165) is 4.88 Å². The van der Waals surface area contributed by atoms with Crippen molar-refractivity contribution in [1.29, 1.82) is 0 Å². The normalized spacial score (nSPS) is 15.6. The predicted octanol–water partition coefficient (Wildman–Crippen LogP) is 3.76. The maximum Gasteiger partial charge on any atom is 0.243 e. The summed E-state index contributed by atoms with van der Waals surface area (Å²) < 4.78 is 32.8. The molecule has 8 heteroatoms. The molecule has 1 aromatic carbocycles. The smallest absolute Gasteiger partial charge is 0.243 e. The number of rotatable bonds is 9. The molecule has 0 aliphatic carbocycles. The number of nitrogens with zero attached hydrogens (tertiary/aromatic N) is 2. The molecule has 0 bridgehead atoms. The maximum atomic E-state index is 13.0. The maximum absolute atomic E-state index is 13.0. The molecule has 30 heavy (non-hydrogen) atoms. The molecule has 1 aromatic heterocycles. The van der Waals surface area contributed by atoms with Crippen LogP contribution in [0.4, 0.5) is 0 Å². The molecule has 1 aliphatic rings. The van der Waals surface area contributed by atoms with Crippen molar-refractivity contribution < 1.29 is 17.9 Å². The molecule has 0 unspecified atom stereocenters. The molecular weight excluding hydrogens is 420 g/mol. The molecular formula is C22H28N2O4S2. The first kappa shape index (κ1) is 22.5. The van der Waals surface area contributed by atoms with E-state index in [-0.39, 0.29) is 16.7 Å². The van der Waals surface area contributed by atoms with Crippen molar-refractivity contribution in [3.8, 4) is 5.75 Å². The number of hydrogen-bond donors (Lipinski definition) is 0.